The first-order chi connectivity index (χ1) is 10.0. The van der Waals surface area contributed by atoms with Crippen molar-refractivity contribution < 1.29 is 13.6 Å². The van der Waals surface area contributed by atoms with Crippen molar-refractivity contribution in [3.05, 3.63) is 30.1 Å². The number of carbonyl (C=O) groups excluding carboxylic acids is 1. The Labute approximate surface area is 121 Å². The van der Waals surface area contributed by atoms with Crippen molar-refractivity contribution >= 4 is 22.6 Å². The van der Waals surface area contributed by atoms with Crippen LogP contribution in [0.15, 0.2) is 24.3 Å². The van der Waals surface area contributed by atoms with Gasteiger partial charge in [0.2, 0.25) is 5.91 Å². The van der Waals surface area contributed by atoms with Gasteiger partial charge in [-0.2, -0.15) is 0 Å². The van der Waals surface area contributed by atoms with Crippen LogP contribution in [-0.2, 0) is 4.79 Å². The third-order valence-electron chi connectivity index (χ3n) is 3.11. The van der Waals surface area contributed by atoms with Gasteiger partial charge in [0.1, 0.15) is 5.82 Å². The number of fused-ring (bicyclic) bond motifs is 1. The summed E-state index contributed by atoms with van der Waals surface area (Å²) in [5, 5.41) is 3.20. The van der Waals surface area contributed by atoms with E-state index in [1.807, 2.05) is 0 Å². The Hall–Kier alpha value is -2.31. The summed E-state index contributed by atoms with van der Waals surface area (Å²) in [5.74, 6) is -0.218. The van der Waals surface area contributed by atoms with Crippen LogP contribution in [0.5, 0.6) is 0 Å². The molecule has 0 aliphatic rings. The third-order valence-corrected chi connectivity index (χ3v) is 3.11. The molecule has 5 nitrogen and oxygen atoms in total. The Morgan fingerprint density at radius 2 is 2.05 bits per heavy atom. The molecule has 21 heavy (non-hydrogen) atoms. The minimum atomic E-state index is -2.74. The molecule has 2 aromatic rings. The summed E-state index contributed by atoms with van der Waals surface area (Å²) >= 11 is 0. The first-order valence-corrected chi connectivity index (χ1v) is 6.49. The number of benzene rings is 1. The van der Waals surface area contributed by atoms with Crippen molar-refractivity contribution in [2.45, 2.75) is 12.8 Å². The summed E-state index contributed by atoms with van der Waals surface area (Å²) in [7, 11) is 3.27. The van der Waals surface area contributed by atoms with Crippen LogP contribution >= 0.6 is 0 Å². The van der Waals surface area contributed by atoms with E-state index < -0.39 is 12.2 Å². The summed E-state index contributed by atoms with van der Waals surface area (Å²) in [5.41, 5.74) is 0.463. The predicted molar refractivity (Wildman–Crippen MR) is 76.4 cm³/mol. The fourth-order valence-corrected chi connectivity index (χ4v) is 1.97. The van der Waals surface area contributed by atoms with Gasteiger partial charge in [0.15, 0.2) is 5.82 Å². The van der Waals surface area contributed by atoms with Crippen LogP contribution in [0.1, 0.15) is 18.7 Å². The molecule has 1 aromatic carbocycles. The van der Waals surface area contributed by atoms with Gasteiger partial charge in [-0.15, -0.1) is 0 Å². The van der Waals surface area contributed by atoms with Gasteiger partial charge in [-0.25, -0.2) is 18.7 Å². The lowest BCUT2D eigenvalue weighted by Crippen LogP contribution is -2.27. The highest BCUT2D eigenvalue weighted by Crippen LogP contribution is 2.26. The zero-order valence-electron chi connectivity index (χ0n) is 11.8. The molecule has 1 aromatic heterocycles. The number of hydrogen-bond acceptors (Lipinski definition) is 4. The number of nitrogens with one attached hydrogen (secondary N) is 1. The van der Waals surface area contributed by atoms with Crippen molar-refractivity contribution in [2.24, 2.45) is 0 Å². The lowest BCUT2D eigenvalue weighted by molar-refractivity contribution is -0.120. The Bertz CT molecular complexity index is 648. The highest BCUT2D eigenvalue weighted by molar-refractivity contribution is 5.89. The van der Waals surface area contributed by atoms with Crippen LogP contribution in [0.2, 0.25) is 0 Å². The molecule has 1 amide bonds. The first kappa shape index (κ1) is 15.1. The van der Waals surface area contributed by atoms with E-state index in [0.29, 0.717) is 23.3 Å². The minimum Gasteiger partial charge on any atom is -0.359 e. The molecule has 0 aliphatic carbocycles. The van der Waals surface area contributed by atoms with Gasteiger partial charge in [0.25, 0.3) is 6.43 Å². The number of alkyl halides is 2. The second kappa shape index (κ2) is 6.43. The second-order valence-corrected chi connectivity index (χ2v) is 4.57. The normalized spacial score (nSPS) is 10.9. The minimum absolute atomic E-state index is 0.116. The summed E-state index contributed by atoms with van der Waals surface area (Å²) in [6, 6.07) is 6.97. The van der Waals surface area contributed by atoms with Crippen molar-refractivity contribution in [3.63, 3.8) is 0 Å². The third kappa shape index (κ3) is 3.42. The molecule has 0 fully saturated rings. The molecule has 0 saturated heterocycles. The number of nitrogens with zero attached hydrogens (tertiary/aromatic N) is 3. The lowest BCUT2D eigenvalue weighted by atomic mass is 10.2. The molecule has 0 atom stereocenters. The fourth-order valence-electron chi connectivity index (χ4n) is 1.97. The lowest BCUT2D eigenvalue weighted by Gasteiger charge is -2.20. The molecule has 0 aliphatic heterocycles. The van der Waals surface area contributed by atoms with Crippen LogP contribution in [0.4, 0.5) is 14.6 Å². The topological polar surface area (TPSA) is 58.1 Å². The molecule has 2 rings (SSSR count). The molecule has 0 spiro atoms. The van der Waals surface area contributed by atoms with Gasteiger partial charge in [0.05, 0.1) is 5.52 Å². The summed E-state index contributed by atoms with van der Waals surface area (Å²) in [6.45, 7) is 0.378. The van der Waals surface area contributed by atoms with Gasteiger partial charge in [-0.1, -0.05) is 12.1 Å². The average molecular weight is 294 g/mol. The molecule has 1 N–H and O–H groups in total. The van der Waals surface area contributed by atoms with E-state index >= 15 is 0 Å². The Balaban J connectivity index is 2.38. The average Bonchev–Trinajstić information content (AvgIpc) is 2.50. The van der Waals surface area contributed by atoms with Gasteiger partial charge >= 0.3 is 0 Å². The monoisotopic (exact) mass is 294 g/mol. The highest BCUT2D eigenvalue weighted by atomic mass is 19.3. The van der Waals surface area contributed by atoms with E-state index in [-0.39, 0.29) is 12.3 Å². The van der Waals surface area contributed by atoms with Gasteiger partial charge in [-0.05, 0) is 12.1 Å². The molecule has 112 valence electrons. The van der Waals surface area contributed by atoms with Gasteiger partial charge in [-0.3, -0.25) is 4.79 Å². The Morgan fingerprint density at radius 3 is 2.71 bits per heavy atom. The number of para-hydroxylation sites is 1. The molecular weight excluding hydrogens is 278 g/mol. The molecule has 7 heteroatoms. The number of hydrogen-bond donors (Lipinski definition) is 1. The quantitative estimate of drug-likeness (QED) is 0.918. The van der Waals surface area contributed by atoms with E-state index in [1.165, 1.54) is 0 Å². The number of carbonyl (C=O) groups is 1. The second-order valence-electron chi connectivity index (χ2n) is 4.57. The molecule has 1 heterocycles. The number of aromatic nitrogens is 2. The fraction of sp³-hybridized carbons (Fsp3) is 0.357. The van der Waals surface area contributed by atoms with Crippen LogP contribution in [0, 0.1) is 0 Å². The van der Waals surface area contributed by atoms with E-state index in [1.54, 1.807) is 43.3 Å². The SMILES string of the molecule is CNC(=O)CCN(C)c1nc(C(F)F)nc2ccccc12. The Morgan fingerprint density at radius 1 is 1.33 bits per heavy atom. The number of halogens is 2. The maximum atomic E-state index is 12.9. The Kier molecular flexibility index (Phi) is 4.62. The smallest absolute Gasteiger partial charge is 0.297 e. The summed E-state index contributed by atoms with van der Waals surface area (Å²) in [4.78, 5) is 20.8. The highest BCUT2D eigenvalue weighted by Gasteiger charge is 2.17. The number of amides is 1. The molecule has 0 radical (unpaired) electrons. The van der Waals surface area contributed by atoms with Gasteiger partial charge in [0, 0.05) is 32.4 Å². The maximum Gasteiger partial charge on any atom is 0.297 e. The standard InChI is InChI=1S/C14H16F2N4O/c1-17-11(21)7-8-20(2)14-9-5-3-4-6-10(9)18-13(19-14)12(15)16/h3-6,12H,7-8H2,1-2H3,(H,17,21). The largest absolute Gasteiger partial charge is 0.359 e. The number of anilines is 1. The summed E-state index contributed by atoms with van der Waals surface area (Å²) in [6.07, 6.45) is -2.48. The number of rotatable bonds is 5. The van der Waals surface area contributed by atoms with Crippen molar-refractivity contribution in [2.75, 3.05) is 25.5 Å². The van der Waals surface area contributed by atoms with Crippen LogP contribution in [0.25, 0.3) is 10.9 Å². The van der Waals surface area contributed by atoms with E-state index in [2.05, 4.69) is 15.3 Å². The zero-order chi connectivity index (χ0) is 15.4. The summed E-state index contributed by atoms with van der Waals surface area (Å²) < 4.78 is 25.8. The van der Waals surface area contributed by atoms with Crippen molar-refractivity contribution in [1.82, 2.24) is 15.3 Å². The molecule has 0 bridgehead atoms. The van der Waals surface area contributed by atoms with Crippen LogP contribution in [-0.4, -0.2) is 36.5 Å². The first-order valence-electron chi connectivity index (χ1n) is 6.49. The zero-order valence-corrected chi connectivity index (χ0v) is 11.8. The van der Waals surface area contributed by atoms with E-state index in [9.17, 15) is 13.6 Å². The van der Waals surface area contributed by atoms with Crippen molar-refractivity contribution in [1.29, 1.82) is 0 Å². The maximum absolute atomic E-state index is 12.9. The molecule has 0 saturated carbocycles. The van der Waals surface area contributed by atoms with Gasteiger partial charge < -0.3 is 10.2 Å². The van der Waals surface area contributed by atoms with E-state index in [0.717, 1.165) is 0 Å². The predicted octanol–water partition coefficient (Wildman–Crippen LogP) is 2.14. The molecular formula is C14H16F2N4O. The molecule has 0 unspecified atom stereocenters. The van der Waals surface area contributed by atoms with E-state index in [4.69, 9.17) is 0 Å². The van der Waals surface area contributed by atoms with Crippen molar-refractivity contribution in [3.8, 4) is 0 Å². The van der Waals surface area contributed by atoms with Crippen LogP contribution in [0.3, 0.4) is 0 Å². The van der Waals surface area contributed by atoms with Crippen LogP contribution < -0.4 is 10.2 Å².